The van der Waals surface area contributed by atoms with E-state index in [9.17, 15) is 18.5 Å². The van der Waals surface area contributed by atoms with Crippen LogP contribution in [-0.4, -0.2) is 44.9 Å². The molecule has 0 radical (unpaired) electrons. The zero-order chi connectivity index (χ0) is 18.0. The number of nitro benzene ring substituents is 1. The molecule has 1 aromatic rings. The molecule has 1 aliphatic carbocycles. The minimum Gasteiger partial charge on any atom is -0.375 e. The van der Waals surface area contributed by atoms with E-state index in [2.05, 4.69) is 4.90 Å². The number of benzene rings is 1. The van der Waals surface area contributed by atoms with E-state index in [-0.39, 0.29) is 16.7 Å². The van der Waals surface area contributed by atoms with Crippen molar-refractivity contribution >= 4 is 21.2 Å². The van der Waals surface area contributed by atoms with Gasteiger partial charge < -0.3 is 9.64 Å². The van der Waals surface area contributed by atoms with Crippen LogP contribution in [0.5, 0.6) is 0 Å². The normalized spacial score (nSPS) is 20.1. The van der Waals surface area contributed by atoms with Gasteiger partial charge in [-0.15, -0.1) is 0 Å². The molecule has 0 spiro atoms. The molecule has 1 heterocycles. The third kappa shape index (κ3) is 4.30. The van der Waals surface area contributed by atoms with Crippen molar-refractivity contribution in [3.05, 3.63) is 28.3 Å². The number of anilines is 1. The van der Waals surface area contributed by atoms with Gasteiger partial charge in [-0.25, -0.2) is 8.42 Å². The van der Waals surface area contributed by atoms with Crippen LogP contribution >= 0.6 is 0 Å². The summed E-state index contributed by atoms with van der Waals surface area (Å²) in [7, 11) is -3.66. The molecule has 0 atom stereocenters. The van der Waals surface area contributed by atoms with Crippen LogP contribution in [0.4, 0.5) is 11.4 Å². The Kier molecular flexibility index (Phi) is 5.29. The zero-order valence-electron chi connectivity index (χ0n) is 14.4. The van der Waals surface area contributed by atoms with Gasteiger partial charge in [-0.05, 0) is 37.8 Å². The van der Waals surface area contributed by atoms with Gasteiger partial charge in [-0.1, -0.05) is 12.8 Å². The smallest absolute Gasteiger partial charge is 0.288 e. The molecule has 138 valence electrons. The molecular weight excluding hydrogens is 344 g/mol. The Bertz CT molecular complexity index is 735. The van der Waals surface area contributed by atoms with Crippen molar-refractivity contribution in [1.82, 2.24) is 0 Å². The molecule has 2 fully saturated rings. The first-order chi connectivity index (χ1) is 11.8. The second kappa shape index (κ2) is 7.29. The van der Waals surface area contributed by atoms with Gasteiger partial charge >= 0.3 is 0 Å². The second-order valence-corrected chi connectivity index (χ2v) is 8.89. The molecule has 1 aliphatic heterocycles. The van der Waals surface area contributed by atoms with Crippen molar-refractivity contribution in [3.63, 3.8) is 0 Å². The van der Waals surface area contributed by atoms with Crippen LogP contribution in [0, 0.1) is 10.1 Å². The monoisotopic (exact) mass is 368 g/mol. The lowest BCUT2D eigenvalue weighted by Crippen LogP contribution is -2.38. The zero-order valence-corrected chi connectivity index (χ0v) is 15.2. The van der Waals surface area contributed by atoms with E-state index in [1.165, 1.54) is 25.0 Å². The van der Waals surface area contributed by atoms with Crippen LogP contribution in [0.3, 0.4) is 0 Å². The number of hydrogen-bond donors (Lipinski definition) is 0. The topological polar surface area (TPSA) is 89.8 Å². The highest BCUT2D eigenvalue weighted by atomic mass is 32.2. The summed E-state index contributed by atoms with van der Waals surface area (Å²) in [6.07, 6.45) is 8.24. The first-order valence-corrected chi connectivity index (χ1v) is 10.6. The van der Waals surface area contributed by atoms with Gasteiger partial charge in [-0.2, -0.15) is 0 Å². The maximum Gasteiger partial charge on any atom is 0.288 e. The third-order valence-electron chi connectivity index (χ3n) is 5.03. The average molecular weight is 368 g/mol. The lowest BCUT2D eigenvalue weighted by molar-refractivity contribution is -0.387. The standard InChI is InChI=1S/C17H24N2O5S/c1-25(22,23)17-12-13(6-7-16(17)19(20)21)18-10-8-15(9-11-18)24-14-4-2-3-5-14/h6-7,12,14-15H,2-5,8-11H2,1H3. The van der Waals surface area contributed by atoms with E-state index >= 15 is 0 Å². The van der Waals surface area contributed by atoms with Crippen LogP contribution < -0.4 is 4.90 Å². The van der Waals surface area contributed by atoms with E-state index in [4.69, 9.17) is 4.74 Å². The number of sulfone groups is 1. The van der Waals surface area contributed by atoms with E-state index in [1.54, 1.807) is 6.07 Å². The maximum atomic E-state index is 11.9. The molecule has 0 bridgehead atoms. The van der Waals surface area contributed by atoms with Crippen molar-refractivity contribution in [2.75, 3.05) is 24.2 Å². The fourth-order valence-corrected chi connectivity index (χ4v) is 4.55. The number of hydrogen-bond acceptors (Lipinski definition) is 6. The van der Waals surface area contributed by atoms with Gasteiger partial charge in [0, 0.05) is 31.1 Å². The SMILES string of the molecule is CS(=O)(=O)c1cc(N2CCC(OC3CCCC3)CC2)ccc1[N+](=O)[O-]. The summed E-state index contributed by atoms with van der Waals surface area (Å²) in [5.41, 5.74) is 0.344. The molecule has 1 saturated carbocycles. The van der Waals surface area contributed by atoms with Crippen LogP contribution in [0.2, 0.25) is 0 Å². The third-order valence-corrected chi connectivity index (χ3v) is 6.16. The molecule has 3 rings (SSSR count). The van der Waals surface area contributed by atoms with Crippen LogP contribution in [0.1, 0.15) is 38.5 Å². The summed E-state index contributed by atoms with van der Waals surface area (Å²) >= 11 is 0. The Morgan fingerprint density at radius 1 is 1.12 bits per heavy atom. The second-order valence-electron chi connectivity index (χ2n) is 6.91. The lowest BCUT2D eigenvalue weighted by Gasteiger charge is -2.34. The van der Waals surface area contributed by atoms with Crippen molar-refractivity contribution < 1.29 is 18.1 Å². The molecule has 2 aliphatic rings. The van der Waals surface area contributed by atoms with E-state index in [1.807, 2.05) is 0 Å². The molecular formula is C17H24N2O5S. The number of nitro groups is 1. The largest absolute Gasteiger partial charge is 0.375 e. The highest BCUT2D eigenvalue weighted by Gasteiger charge is 2.27. The first kappa shape index (κ1) is 18.1. The highest BCUT2D eigenvalue weighted by Crippen LogP contribution is 2.31. The van der Waals surface area contributed by atoms with Crippen LogP contribution in [0.25, 0.3) is 0 Å². The molecule has 7 nitrogen and oxygen atoms in total. The molecule has 0 aromatic heterocycles. The highest BCUT2D eigenvalue weighted by molar-refractivity contribution is 7.90. The van der Waals surface area contributed by atoms with Crippen LogP contribution in [0.15, 0.2) is 23.1 Å². The lowest BCUT2D eigenvalue weighted by atomic mass is 10.1. The van der Waals surface area contributed by atoms with Gasteiger partial charge in [0.15, 0.2) is 9.84 Å². The van der Waals surface area contributed by atoms with Crippen molar-refractivity contribution in [2.45, 2.75) is 55.6 Å². The number of ether oxygens (including phenoxy) is 1. The maximum absolute atomic E-state index is 11.9. The van der Waals surface area contributed by atoms with Gasteiger partial charge in [-0.3, -0.25) is 10.1 Å². The molecule has 25 heavy (non-hydrogen) atoms. The number of piperidine rings is 1. The van der Waals surface area contributed by atoms with E-state index < -0.39 is 14.8 Å². The van der Waals surface area contributed by atoms with Gasteiger partial charge in [0.25, 0.3) is 5.69 Å². The fourth-order valence-electron chi connectivity index (χ4n) is 3.69. The Morgan fingerprint density at radius 2 is 1.72 bits per heavy atom. The minimum atomic E-state index is -3.66. The summed E-state index contributed by atoms with van der Waals surface area (Å²) in [5.74, 6) is 0. The quantitative estimate of drug-likeness (QED) is 0.586. The predicted molar refractivity (Wildman–Crippen MR) is 94.8 cm³/mol. The predicted octanol–water partition coefficient (Wildman–Crippen LogP) is 2.93. The average Bonchev–Trinajstić information content (AvgIpc) is 3.07. The molecule has 0 unspecified atom stereocenters. The molecule has 0 amide bonds. The summed E-state index contributed by atoms with van der Waals surface area (Å²) < 4.78 is 29.9. The summed E-state index contributed by atoms with van der Waals surface area (Å²) in [5, 5.41) is 11.1. The van der Waals surface area contributed by atoms with Crippen molar-refractivity contribution in [2.24, 2.45) is 0 Å². The number of nitrogens with zero attached hydrogens (tertiary/aromatic N) is 2. The molecule has 1 saturated heterocycles. The fraction of sp³-hybridized carbons (Fsp3) is 0.647. The molecule has 1 aromatic carbocycles. The van der Waals surface area contributed by atoms with Crippen molar-refractivity contribution in [3.8, 4) is 0 Å². The Morgan fingerprint density at radius 3 is 2.28 bits per heavy atom. The molecule has 0 N–H and O–H groups in total. The Labute approximate surface area is 148 Å². The summed E-state index contributed by atoms with van der Waals surface area (Å²) in [6.45, 7) is 1.52. The Balaban J connectivity index is 1.69. The summed E-state index contributed by atoms with van der Waals surface area (Å²) in [4.78, 5) is 12.3. The van der Waals surface area contributed by atoms with Gasteiger partial charge in [0.2, 0.25) is 0 Å². The Hall–Kier alpha value is -1.67. The molecule has 8 heteroatoms. The van der Waals surface area contributed by atoms with Gasteiger partial charge in [0.05, 0.1) is 17.1 Å². The van der Waals surface area contributed by atoms with Crippen LogP contribution in [-0.2, 0) is 14.6 Å². The van der Waals surface area contributed by atoms with Crippen molar-refractivity contribution in [1.29, 1.82) is 0 Å². The van der Waals surface area contributed by atoms with E-state index in [0.717, 1.165) is 45.0 Å². The first-order valence-electron chi connectivity index (χ1n) is 8.73. The minimum absolute atomic E-state index is 0.223. The van der Waals surface area contributed by atoms with Gasteiger partial charge in [0.1, 0.15) is 4.90 Å². The van der Waals surface area contributed by atoms with E-state index in [0.29, 0.717) is 11.8 Å². The summed E-state index contributed by atoms with van der Waals surface area (Å²) in [6, 6.07) is 4.34. The number of rotatable bonds is 5.